The highest BCUT2D eigenvalue weighted by Crippen LogP contribution is 2.38. The van der Waals surface area contributed by atoms with Crippen LogP contribution in [0.1, 0.15) is 12.2 Å². The summed E-state index contributed by atoms with van der Waals surface area (Å²) in [7, 11) is 0. The van der Waals surface area contributed by atoms with Gasteiger partial charge in [0.2, 0.25) is 0 Å². The lowest BCUT2D eigenvalue weighted by atomic mass is 9.97. The number of piperidine rings is 1. The summed E-state index contributed by atoms with van der Waals surface area (Å²) in [5.41, 5.74) is 1.17. The van der Waals surface area contributed by atoms with Gasteiger partial charge in [-0.2, -0.15) is 0 Å². The number of rotatable bonds is 4. The summed E-state index contributed by atoms with van der Waals surface area (Å²) in [5, 5.41) is 23.0. The van der Waals surface area contributed by atoms with Crippen molar-refractivity contribution < 1.29 is 14.9 Å². The molecular formula is C14H17Cl2N3O3. The number of imidazole rings is 1. The highest BCUT2D eigenvalue weighted by Gasteiger charge is 2.25. The summed E-state index contributed by atoms with van der Waals surface area (Å²) in [6.07, 6.45) is 0.297. The predicted octanol–water partition coefficient (Wildman–Crippen LogP) is 1.71. The number of hydrogen-bond donors (Lipinski definition) is 4. The van der Waals surface area contributed by atoms with Crippen LogP contribution in [-0.4, -0.2) is 46.0 Å². The van der Waals surface area contributed by atoms with Gasteiger partial charge in [0.25, 0.3) is 0 Å². The number of fused-ring (bicyclic) bond motifs is 1. The van der Waals surface area contributed by atoms with E-state index in [1.807, 2.05) is 0 Å². The summed E-state index contributed by atoms with van der Waals surface area (Å²) in [5.74, 6) is 0.769. The van der Waals surface area contributed by atoms with Gasteiger partial charge in [0.15, 0.2) is 5.75 Å². The average molecular weight is 346 g/mol. The van der Waals surface area contributed by atoms with Crippen molar-refractivity contribution in [2.75, 3.05) is 19.7 Å². The Morgan fingerprint density at radius 3 is 2.95 bits per heavy atom. The second-order valence-electron chi connectivity index (χ2n) is 5.37. The fourth-order valence-electron chi connectivity index (χ4n) is 2.59. The number of aromatic amines is 1. The Balaban J connectivity index is 1.88. The molecule has 1 aromatic carbocycles. The van der Waals surface area contributed by atoms with E-state index >= 15 is 0 Å². The van der Waals surface area contributed by atoms with E-state index in [4.69, 9.17) is 27.9 Å². The van der Waals surface area contributed by atoms with E-state index in [2.05, 4.69) is 15.3 Å². The molecule has 0 spiro atoms. The molecule has 0 bridgehead atoms. The SMILES string of the molecule is OCc1nc2c(OC[C@H]3CNCC[C@H]3O)c(Cl)c(Cl)cc2[nH]1. The minimum atomic E-state index is -0.401. The van der Waals surface area contributed by atoms with Crippen molar-refractivity contribution in [1.82, 2.24) is 15.3 Å². The van der Waals surface area contributed by atoms with Gasteiger partial charge < -0.3 is 25.3 Å². The molecule has 2 aromatic rings. The normalized spacial score (nSPS) is 22.2. The lowest BCUT2D eigenvalue weighted by molar-refractivity contribution is 0.0513. The van der Waals surface area contributed by atoms with Crippen LogP contribution in [0, 0.1) is 5.92 Å². The minimum absolute atomic E-state index is 0.0184. The first kappa shape index (κ1) is 15.8. The quantitative estimate of drug-likeness (QED) is 0.677. The first-order valence-electron chi connectivity index (χ1n) is 7.09. The molecule has 0 aliphatic carbocycles. The molecule has 1 fully saturated rings. The molecule has 1 aromatic heterocycles. The Labute approximate surface area is 137 Å². The lowest BCUT2D eigenvalue weighted by Crippen LogP contribution is -2.42. The molecule has 8 heteroatoms. The highest BCUT2D eigenvalue weighted by molar-refractivity contribution is 6.44. The molecule has 120 valence electrons. The zero-order valence-corrected chi connectivity index (χ0v) is 13.3. The van der Waals surface area contributed by atoms with Crippen molar-refractivity contribution >= 4 is 34.2 Å². The largest absolute Gasteiger partial charge is 0.489 e. The van der Waals surface area contributed by atoms with Gasteiger partial charge in [-0.25, -0.2) is 4.98 Å². The van der Waals surface area contributed by atoms with Crippen LogP contribution in [0.2, 0.25) is 10.0 Å². The highest BCUT2D eigenvalue weighted by atomic mass is 35.5. The first-order valence-corrected chi connectivity index (χ1v) is 7.84. The van der Waals surface area contributed by atoms with Gasteiger partial charge in [-0.15, -0.1) is 0 Å². The smallest absolute Gasteiger partial charge is 0.167 e. The Kier molecular flexibility index (Phi) is 4.75. The van der Waals surface area contributed by atoms with Crippen molar-refractivity contribution in [3.63, 3.8) is 0 Å². The topological polar surface area (TPSA) is 90.4 Å². The maximum absolute atomic E-state index is 9.99. The lowest BCUT2D eigenvalue weighted by Gasteiger charge is -2.28. The first-order chi connectivity index (χ1) is 10.6. The van der Waals surface area contributed by atoms with E-state index in [0.29, 0.717) is 47.2 Å². The summed E-state index contributed by atoms with van der Waals surface area (Å²) in [4.78, 5) is 7.22. The fourth-order valence-corrected chi connectivity index (χ4v) is 2.99. The Morgan fingerprint density at radius 1 is 1.41 bits per heavy atom. The van der Waals surface area contributed by atoms with Gasteiger partial charge in [-0.05, 0) is 19.0 Å². The van der Waals surface area contributed by atoms with Gasteiger partial charge in [-0.3, -0.25) is 0 Å². The molecule has 1 aliphatic rings. The average Bonchev–Trinajstić information content (AvgIpc) is 2.92. The molecule has 0 radical (unpaired) electrons. The van der Waals surface area contributed by atoms with E-state index in [9.17, 15) is 10.2 Å². The molecular weight excluding hydrogens is 329 g/mol. The molecule has 0 amide bonds. The third kappa shape index (κ3) is 3.02. The van der Waals surface area contributed by atoms with Crippen molar-refractivity contribution in [1.29, 1.82) is 0 Å². The maximum Gasteiger partial charge on any atom is 0.167 e. The molecule has 2 heterocycles. The number of aliphatic hydroxyl groups excluding tert-OH is 2. The zero-order valence-electron chi connectivity index (χ0n) is 11.8. The summed E-state index contributed by atoms with van der Waals surface area (Å²) < 4.78 is 5.82. The van der Waals surface area contributed by atoms with Crippen molar-refractivity contribution in [3.05, 3.63) is 21.9 Å². The number of hydrogen-bond acceptors (Lipinski definition) is 5. The number of ether oxygens (including phenoxy) is 1. The maximum atomic E-state index is 9.99. The third-order valence-corrected chi connectivity index (χ3v) is 4.61. The van der Waals surface area contributed by atoms with E-state index in [0.717, 1.165) is 6.54 Å². The minimum Gasteiger partial charge on any atom is -0.489 e. The van der Waals surface area contributed by atoms with Crippen LogP contribution in [0.15, 0.2) is 6.07 Å². The van der Waals surface area contributed by atoms with Gasteiger partial charge in [0.05, 0.1) is 23.3 Å². The Bertz CT molecular complexity index is 677. The van der Waals surface area contributed by atoms with Crippen LogP contribution >= 0.6 is 23.2 Å². The second-order valence-corrected chi connectivity index (χ2v) is 6.16. The molecule has 3 rings (SSSR count). The van der Waals surface area contributed by atoms with E-state index in [1.54, 1.807) is 6.07 Å². The second kappa shape index (κ2) is 6.60. The van der Waals surface area contributed by atoms with Crippen LogP contribution < -0.4 is 10.1 Å². The Hall–Kier alpha value is -1.05. The number of aliphatic hydroxyl groups is 2. The van der Waals surface area contributed by atoms with Crippen LogP contribution in [0.5, 0.6) is 5.75 Å². The predicted molar refractivity (Wildman–Crippen MR) is 84.5 cm³/mol. The number of halogens is 2. The van der Waals surface area contributed by atoms with Gasteiger partial charge >= 0.3 is 0 Å². The van der Waals surface area contributed by atoms with E-state index < -0.39 is 6.10 Å². The Morgan fingerprint density at radius 2 is 2.23 bits per heavy atom. The molecule has 6 nitrogen and oxygen atoms in total. The molecule has 2 atom stereocenters. The van der Waals surface area contributed by atoms with Crippen LogP contribution in [0.4, 0.5) is 0 Å². The molecule has 0 saturated carbocycles. The van der Waals surface area contributed by atoms with Crippen molar-refractivity contribution in [2.45, 2.75) is 19.1 Å². The van der Waals surface area contributed by atoms with Crippen molar-refractivity contribution in [2.24, 2.45) is 5.92 Å². The standard InChI is InChI=1S/C14H17Cl2N3O3/c15-8-3-9-13(19-11(5-20)18-9)14(12(8)16)22-6-7-4-17-2-1-10(7)21/h3,7,10,17,20-21H,1-2,4-6H2,(H,18,19)/t7-,10-/m1/s1. The van der Waals surface area contributed by atoms with Gasteiger partial charge in [0, 0.05) is 12.5 Å². The third-order valence-electron chi connectivity index (χ3n) is 3.84. The molecule has 0 unspecified atom stereocenters. The fraction of sp³-hybridized carbons (Fsp3) is 0.500. The summed E-state index contributed by atoms with van der Waals surface area (Å²) >= 11 is 12.3. The van der Waals surface area contributed by atoms with E-state index in [1.165, 1.54) is 0 Å². The number of nitrogens with one attached hydrogen (secondary N) is 2. The molecule has 1 saturated heterocycles. The molecule has 4 N–H and O–H groups in total. The summed E-state index contributed by atoms with van der Waals surface area (Å²) in [6.45, 7) is 1.59. The number of benzene rings is 1. The number of H-pyrrole nitrogens is 1. The summed E-state index contributed by atoms with van der Waals surface area (Å²) in [6, 6.07) is 1.65. The monoisotopic (exact) mass is 345 g/mol. The molecule has 22 heavy (non-hydrogen) atoms. The van der Waals surface area contributed by atoms with Crippen LogP contribution in [-0.2, 0) is 6.61 Å². The van der Waals surface area contributed by atoms with Crippen molar-refractivity contribution in [3.8, 4) is 5.75 Å². The van der Waals surface area contributed by atoms with E-state index in [-0.39, 0.29) is 17.5 Å². The molecule has 1 aliphatic heterocycles. The number of nitrogens with zero attached hydrogens (tertiary/aromatic N) is 1. The van der Waals surface area contributed by atoms with Crippen LogP contribution in [0.25, 0.3) is 11.0 Å². The van der Waals surface area contributed by atoms with Gasteiger partial charge in [-0.1, -0.05) is 23.2 Å². The zero-order chi connectivity index (χ0) is 15.7. The number of aromatic nitrogens is 2. The van der Waals surface area contributed by atoms with Crippen LogP contribution in [0.3, 0.4) is 0 Å². The van der Waals surface area contributed by atoms with Gasteiger partial charge in [0.1, 0.15) is 23.0 Å².